The molecule has 2 aliphatic heterocycles. The summed E-state index contributed by atoms with van der Waals surface area (Å²) in [6.45, 7) is -0.116. The Balaban J connectivity index is 1.91. The summed E-state index contributed by atoms with van der Waals surface area (Å²) in [4.78, 5) is 15.2. The lowest BCUT2D eigenvalue weighted by Gasteiger charge is -2.17. The van der Waals surface area contributed by atoms with E-state index in [1.165, 1.54) is 16.8 Å². The van der Waals surface area contributed by atoms with Crippen molar-refractivity contribution in [1.29, 1.82) is 0 Å². The number of aliphatic hydroxyl groups is 1. The molecular formula is C9H11N3O4. The summed E-state index contributed by atoms with van der Waals surface area (Å²) in [7, 11) is 0. The molecule has 16 heavy (non-hydrogen) atoms. The molecule has 2 fully saturated rings. The number of nitrogens with two attached hydrogens (primary N) is 1. The summed E-state index contributed by atoms with van der Waals surface area (Å²) in [5.41, 5.74) is 4.91. The molecule has 86 valence electrons. The topological polar surface area (TPSA) is 103 Å². The van der Waals surface area contributed by atoms with Crippen molar-refractivity contribution in [1.82, 2.24) is 9.55 Å². The van der Waals surface area contributed by atoms with Gasteiger partial charge in [0.25, 0.3) is 0 Å². The largest absolute Gasteiger partial charge is 0.394 e. The number of nitrogens with zero attached hydrogens (tertiary/aromatic N) is 2. The second-order valence-electron chi connectivity index (χ2n) is 3.86. The van der Waals surface area contributed by atoms with Gasteiger partial charge in [-0.2, -0.15) is 4.98 Å². The first-order valence-electron chi connectivity index (χ1n) is 4.97. The van der Waals surface area contributed by atoms with Crippen LogP contribution in [0.1, 0.15) is 6.23 Å². The van der Waals surface area contributed by atoms with E-state index in [9.17, 15) is 4.79 Å². The van der Waals surface area contributed by atoms with Crippen LogP contribution in [0, 0.1) is 0 Å². The average molecular weight is 225 g/mol. The Bertz CT molecular complexity index is 474. The molecule has 1 aromatic heterocycles. The smallest absolute Gasteiger partial charge is 0.351 e. The van der Waals surface area contributed by atoms with Gasteiger partial charge in [0.05, 0.1) is 6.61 Å². The van der Waals surface area contributed by atoms with E-state index in [1.807, 2.05) is 0 Å². The van der Waals surface area contributed by atoms with E-state index < -0.39 is 11.9 Å². The number of ether oxygens (including phenoxy) is 2. The van der Waals surface area contributed by atoms with Crippen LogP contribution < -0.4 is 11.4 Å². The summed E-state index contributed by atoms with van der Waals surface area (Å²) in [6, 6.07) is 1.52. The molecule has 0 radical (unpaired) electrons. The molecular weight excluding hydrogens is 214 g/mol. The summed E-state index contributed by atoms with van der Waals surface area (Å²) >= 11 is 0. The summed E-state index contributed by atoms with van der Waals surface area (Å²) < 4.78 is 12.1. The summed E-state index contributed by atoms with van der Waals surface area (Å²) in [5, 5.41) is 9.01. The minimum Gasteiger partial charge on any atom is -0.394 e. The SMILES string of the molecule is Nc1ccn([C@@H]2O[C@H](CO)C3O[C@@H]32)c(=O)n1. The van der Waals surface area contributed by atoms with Gasteiger partial charge in [-0.05, 0) is 6.07 Å². The van der Waals surface area contributed by atoms with Crippen LogP contribution >= 0.6 is 0 Å². The summed E-state index contributed by atoms with van der Waals surface area (Å²) in [5.74, 6) is 0.172. The van der Waals surface area contributed by atoms with Crippen molar-refractivity contribution >= 4 is 5.82 Å². The van der Waals surface area contributed by atoms with Crippen LogP contribution in [0.5, 0.6) is 0 Å². The number of anilines is 1. The molecule has 0 saturated carbocycles. The molecule has 1 unspecified atom stereocenters. The van der Waals surface area contributed by atoms with Crippen LogP contribution in [0.25, 0.3) is 0 Å². The van der Waals surface area contributed by atoms with Crippen molar-refractivity contribution in [2.45, 2.75) is 24.5 Å². The molecule has 0 aromatic carbocycles. The molecule has 0 amide bonds. The minimum atomic E-state index is -0.511. The Labute approximate surface area is 90.4 Å². The molecule has 0 spiro atoms. The van der Waals surface area contributed by atoms with E-state index in [4.69, 9.17) is 20.3 Å². The molecule has 0 bridgehead atoms. The van der Waals surface area contributed by atoms with Crippen LogP contribution in [0.15, 0.2) is 17.1 Å². The van der Waals surface area contributed by atoms with Gasteiger partial charge in [0.1, 0.15) is 24.1 Å². The fraction of sp³-hybridized carbons (Fsp3) is 0.556. The molecule has 1 aromatic rings. The zero-order valence-corrected chi connectivity index (χ0v) is 8.31. The second-order valence-corrected chi connectivity index (χ2v) is 3.86. The molecule has 3 rings (SSSR count). The third-order valence-electron chi connectivity index (χ3n) is 2.83. The molecule has 2 saturated heterocycles. The normalized spacial score (nSPS) is 36.1. The van der Waals surface area contributed by atoms with E-state index in [0.29, 0.717) is 0 Å². The standard InChI is InChI=1S/C9H11N3O4/c10-5-1-2-12(9(14)11-5)8-7-6(16-7)4(3-13)15-8/h1-2,4,6-8,13H,3H2,(H2,10,11,14)/t4-,6?,7+,8-/m1/s1. The van der Waals surface area contributed by atoms with Gasteiger partial charge in [-0.15, -0.1) is 0 Å². The number of hydrogen-bond acceptors (Lipinski definition) is 6. The fourth-order valence-corrected chi connectivity index (χ4v) is 1.99. The lowest BCUT2D eigenvalue weighted by atomic mass is 10.2. The molecule has 3 N–H and O–H groups in total. The number of nitrogen functional groups attached to an aromatic ring is 1. The Morgan fingerprint density at radius 2 is 2.31 bits per heavy atom. The lowest BCUT2D eigenvalue weighted by molar-refractivity contribution is -0.0855. The van der Waals surface area contributed by atoms with E-state index in [0.717, 1.165) is 0 Å². The number of rotatable bonds is 2. The van der Waals surface area contributed by atoms with Gasteiger partial charge in [-0.3, -0.25) is 4.57 Å². The summed E-state index contributed by atoms with van der Waals surface area (Å²) in [6.07, 6.45) is 0.371. The Kier molecular flexibility index (Phi) is 2.00. The maximum Gasteiger partial charge on any atom is 0.351 e. The maximum absolute atomic E-state index is 11.6. The highest BCUT2D eigenvalue weighted by atomic mass is 16.7. The molecule has 3 heterocycles. The molecule has 0 aliphatic carbocycles. The third-order valence-corrected chi connectivity index (χ3v) is 2.83. The first-order chi connectivity index (χ1) is 7.70. The molecule has 7 heteroatoms. The predicted molar refractivity (Wildman–Crippen MR) is 52.6 cm³/mol. The number of aliphatic hydroxyl groups excluding tert-OH is 1. The van der Waals surface area contributed by atoms with Crippen LogP contribution in [0.3, 0.4) is 0 Å². The number of aromatic nitrogens is 2. The average Bonchev–Trinajstić information content (AvgIpc) is 2.96. The van der Waals surface area contributed by atoms with E-state index in [-0.39, 0.29) is 30.7 Å². The van der Waals surface area contributed by atoms with Crippen molar-refractivity contribution in [3.05, 3.63) is 22.7 Å². The van der Waals surface area contributed by atoms with Gasteiger partial charge in [0.2, 0.25) is 0 Å². The van der Waals surface area contributed by atoms with Crippen LogP contribution in [-0.2, 0) is 9.47 Å². The Morgan fingerprint density at radius 1 is 1.50 bits per heavy atom. The van der Waals surface area contributed by atoms with Crippen molar-refractivity contribution in [3.63, 3.8) is 0 Å². The van der Waals surface area contributed by atoms with Crippen molar-refractivity contribution in [2.24, 2.45) is 0 Å². The minimum absolute atomic E-state index is 0.112. The van der Waals surface area contributed by atoms with Crippen molar-refractivity contribution in [2.75, 3.05) is 12.3 Å². The zero-order chi connectivity index (χ0) is 11.3. The maximum atomic E-state index is 11.6. The van der Waals surface area contributed by atoms with Gasteiger partial charge < -0.3 is 20.3 Å². The Hall–Kier alpha value is -1.44. The highest BCUT2D eigenvalue weighted by molar-refractivity contribution is 5.23. The van der Waals surface area contributed by atoms with Gasteiger partial charge in [0.15, 0.2) is 6.23 Å². The fourth-order valence-electron chi connectivity index (χ4n) is 1.99. The zero-order valence-electron chi connectivity index (χ0n) is 8.31. The van der Waals surface area contributed by atoms with Crippen LogP contribution in [-0.4, -0.2) is 39.6 Å². The molecule has 4 atom stereocenters. The molecule has 2 aliphatic rings. The van der Waals surface area contributed by atoms with Gasteiger partial charge >= 0.3 is 5.69 Å². The highest BCUT2D eigenvalue weighted by Gasteiger charge is 2.58. The van der Waals surface area contributed by atoms with E-state index >= 15 is 0 Å². The third kappa shape index (κ3) is 1.33. The van der Waals surface area contributed by atoms with E-state index in [1.54, 1.807) is 0 Å². The van der Waals surface area contributed by atoms with Gasteiger partial charge in [-0.1, -0.05) is 0 Å². The van der Waals surface area contributed by atoms with Crippen molar-refractivity contribution in [3.8, 4) is 0 Å². The molecule has 7 nitrogen and oxygen atoms in total. The quantitative estimate of drug-likeness (QED) is 0.593. The van der Waals surface area contributed by atoms with Crippen LogP contribution in [0.2, 0.25) is 0 Å². The second kappa shape index (κ2) is 3.27. The number of epoxide rings is 1. The predicted octanol–water partition coefficient (Wildman–Crippen LogP) is -1.52. The first-order valence-corrected chi connectivity index (χ1v) is 4.97. The monoisotopic (exact) mass is 225 g/mol. The van der Waals surface area contributed by atoms with Gasteiger partial charge in [0, 0.05) is 6.20 Å². The van der Waals surface area contributed by atoms with Crippen molar-refractivity contribution < 1.29 is 14.6 Å². The van der Waals surface area contributed by atoms with E-state index in [2.05, 4.69) is 4.98 Å². The highest BCUT2D eigenvalue weighted by Crippen LogP contribution is 2.43. The van der Waals surface area contributed by atoms with Crippen LogP contribution in [0.4, 0.5) is 5.82 Å². The number of fused-ring (bicyclic) bond motifs is 1. The Morgan fingerprint density at radius 3 is 2.94 bits per heavy atom. The van der Waals surface area contributed by atoms with Gasteiger partial charge in [-0.25, -0.2) is 4.79 Å². The first kappa shape index (κ1) is 9.76. The lowest BCUT2D eigenvalue weighted by Crippen LogP contribution is -2.31. The number of hydrogen-bond donors (Lipinski definition) is 2.